The minimum atomic E-state index is -0.141. The Hall–Kier alpha value is -0.240. The molecule has 21 heavy (non-hydrogen) atoms. The van der Waals surface area contributed by atoms with E-state index in [0.29, 0.717) is 52.9 Å². The smallest absolute Gasteiger partial charge is 0.0787 e. The van der Waals surface area contributed by atoms with Crippen molar-refractivity contribution < 1.29 is 28.8 Å². The van der Waals surface area contributed by atoms with Crippen LogP contribution in [0, 0.1) is 0 Å². The Kier molecular flexibility index (Phi) is 13.3. The highest BCUT2D eigenvalue weighted by molar-refractivity contribution is 4.62. The Balaban J connectivity index is 3.15. The molecule has 0 aromatic rings. The Labute approximate surface area is 128 Å². The summed E-state index contributed by atoms with van der Waals surface area (Å²) in [5, 5.41) is 8.49. The third kappa shape index (κ3) is 17.7. The summed E-state index contributed by atoms with van der Waals surface area (Å²) >= 11 is 0. The topological polar surface area (TPSA) is 66.4 Å². The van der Waals surface area contributed by atoms with Crippen molar-refractivity contribution in [2.24, 2.45) is 0 Å². The van der Waals surface area contributed by atoms with Gasteiger partial charge in [0.15, 0.2) is 0 Å². The standard InChI is InChI=1S/C15H32O6/c1-14(21-15(2,3)4)13-20-12-11-19-10-9-18-8-7-17-6-5-16/h14,16H,5-13H2,1-4H3. The van der Waals surface area contributed by atoms with Gasteiger partial charge in [0.05, 0.1) is 71.2 Å². The van der Waals surface area contributed by atoms with Crippen molar-refractivity contribution in [3.8, 4) is 0 Å². The van der Waals surface area contributed by atoms with Crippen molar-refractivity contribution in [2.75, 3.05) is 59.5 Å². The van der Waals surface area contributed by atoms with E-state index in [1.807, 2.05) is 27.7 Å². The first-order chi connectivity index (χ1) is 9.95. The van der Waals surface area contributed by atoms with E-state index in [2.05, 4.69) is 0 Å². The Bertz CT molecular complexity index is 217. The summed E-state index contributed by atoms with van der Waals surface area (Å²) in [4.78, 5) is 0. The molecule has 0 aliphatic carbocycles. The fourth-order valence-electron chi connectivity index (χ4n) is 1.61. The summed E-state index contributed by atoms with van der Waals surface area (Å²) < 4.78 is 26.9. The number of aliphatic hydroxyl groups is 1. The van der Waals surface area contributed by atoms with Crippen molar-refractivity contribution in [1.82, 2.24) is 0 Å². The molecule has 0 bridgehead atoms. The Morgan fingerprint density at radius 3 is 1.62 bits per heavy atom. The summed E-state index contributed by atoms with van der Waals surface area (Å²) in [6, 6.07) is 0. The van der Waals surface area contributed by atoms with Crippen molar-refractivity contribution in [3.05, 3.63) is 0 Å². The molecular weight excluding hydrogens is 276 g/mol. The van der Waals surface area contributed by atoms with Crippen LogP contribution in [0.1, 0.15) is 27.7 Å². The van der Waals surface area contributed by atoms with E-state index in [-0.39, 0.29) is 18.3 Å². The zero-order valence-corrected chi connectivity index (χ0v) is 13.9. The van der Waals surface area contributed by atoms with Gasteiger partial charge in [0, 0.05) is 0 Å². The fourth-order valence-corrected chi connectivity index (χ4v) is 1.61. The number of hydrogen-bond acceptors (Lipinski definition) is 6. The largest absolute Gasteiger partial charge is 0.394 e. The second-order valence-electron chi connectivity index (χ2n) is 5.68. The van der Waals surface area contributed by atoms with Crippen molar-refractivity contribution in [2.45, 2.75) is 39.4 Å². The third-order valence-corrected chi connectivity index (χ3v) is 2.26. The normalized spacial score (nSPS) is 13.6. The molecular formula is C15H32O6. The molecule has 0 saturated carbocycles. The zero-order valence-electron chi connectivity index (χ0n) is 13.9. The molecule has 0 saturated heterocycles. The maximum Gasteiger partial charge on any atom is 0.0787 e. The summed E-state index contributed by atoms with van der Waals surface area (Å²) in [6.45, 7) is 12.2. The molecule has 0 amide bonds. The van der Waals surface area contributed by atoms with Crippen LogP contribution < -0.4 is 0 Å². The summed E-state index contributed by atoms with van der Waals surface area (Å²) in [7, 11) is 0. The maximum absolute atomic E-state index is 8.49. The Morgan fingerprint density at radius 1 is 0.762 bits per heavy atom. The van der Waals surface area contributed by atoms with Crippen LogP contribution in [0.15, 0.2) is 0 Å². The Morgan fingerprint density at radius 2 is 1.19 bits per heavy atom. The van der Waals surface area contributed by atoms with Crippen LogP contribution in [0.5, 0.6) is 0 Å². The van der Waals surface area contributed by atoms with E-state index in [0.717, 1.165) is 0 Å². The van der Waals surface area contributed by atoms with Crippen LogP contribution in [-0.4, -0.2) is 76.3 Å². The molecule has 0 fully saturated rings. The van der Waals surface area contributed by atoms with E-state index in [1.165, 1.54) is 0 Å². The van der Waals surface area contributed by atoms with Gasteiger partial charge in [-0.2, -0.15) is 0 Å². The van der Waals surface area contributed by atoms with Gasteiger partial charge in [-0.1, -0.05) is 0 Å². The highest BCUT2D eigenvalue weighted by Crippen LogP contribution is 2.10. The first-order valence-electron chi connectivity index (χ1n) is 7.55. The highest BCUT2D eigenvalue weighted by atomic mass is 16.6. The molecule has 1 atom stereocenters. The van der Waals surface area contributed by atoms with E-state index in [4.69, 9.17) is 28.8 Å². The van der Waals surface area contributed by atoms with Crippen LogP contribution in [-0.2, 0) is 23.7 Å². The predicted molar refractivity (Wildman–Crippen MR) is 80.7 cm³/mol. The third-order valence-electron chi connectivity index (χ3n) is 2.26. The molecule has 0 aromatic heterocycles. The van der Waals surface area contributed by atoms with E-state index < -0.39 is 0 Å². The van der Waals surface area contributed by atoms with Crippen LogP contribution >= 0.6 is 0 Å². The van der Waals surface area contributed by atoms with Gasteiger partial charge in [-0.3, -0.25) is 0 Å². The summed E-state index contributed by atoms with van der Waals surface area (Å²) in [5.74, 6) is 0. The van der Waals surface area contributed by atoms with Gasteiger partial charge >= 0.3 is 0 Å². The number of aliphatic hydroxyl groups excluding tert-OH is 1. The molecule has 0 spiro atoms. The van der Waals surface area contributed by atoms with Gasteiger partial charge in [0.1, 0.15) is 0 Å². The molecule has 0 aliphatic heterocycles. The molecule has 0 heterocycles. The average molecular weight is 308 g/mol. The van der Waals surface area contributed by atoms with Gasteiger partial charge in [-0.15, -0.1) is 0 Å². The molecule has 0 aromatic carbocycles. The van der Waals surface area contributed by atoms with Gasteiger partial charge < -0.3 is 28.8 Å². The number of hydrogen-bond donors (Lipinski definition) is 1. The quantitative estimate of drug-likeness (QED) is 0.487. The van der Waals surface area contributed by atoms with Gasteiger partial charge in [0.25, 0.3) is 0 Å². The van der Waals surface area contributed by atoms with E-state index in [9.17, 15) is 0 Å². The lowest BCUT2D eigenvalue weighted by Crippen LogP contribution is -2.29. The van der Waals surface area contributed by atoms with Gasteiger partial charge in [0.2, 0.25) is 0 Å². The molecule has 1 N–H and O–H groups in total. The second-order valence-corrected chi connectivity index (χ2v) is 5.68. The SMILES string of the molecule is CC(COCCOCCOCCOCCO)OC(C)(C)C. The van der Waals surface area contributed by atoms with Crippen molar-refractivity contribution >= 4 is 0 Å². The first-order valence-corrected chi connectivity index (χ1v) is 7.55. The van der Waals surface area contributed by atoms with Crippen LogP contribution in [0.4, 0.5) is 0 Å². The lowest BCUT2D eigenvalue weighted by molar-refractivity contribution is -0.0894. The number of ether oxygens (including phenoxy) is 5. The van der Waals surface area contributed by atoms with Crippen molar-refractivity contribution in [3.63, 3.8) is 0 Å². The van der Waals surface area contributed by atoms with Crippen LogP contribution in [0.3, 0.4) is 0 Å². The average Bonchev–Trinajstić information content (AvgIpc) is 2.38. The monoisotopic (exact) mass is 308 g/mol. The van der Waals surface area contributed by atoms with E-state index >= 15 is 0 Å². The van der Waals surface area contributed by atoms with Gasteiger partial charge in [-0.05, 0) is 27.7 Å². The van der Waals surface area contributed by atoms with Crippen LogP contribution in [0.2, 0.25) is 0 Å². The molecule has 0 radical (unpaired) electrons. The van der Waals surface area contributed by atoms with Crippen molar-refractivity contribution in [1.29, 1.82) is 0 Å². The predicted octanol–water partition coefficient (Wildman–Crippen LogP) is 1.25. The molecule has 6 nitrogen and oxygen atoms in total. The molecule has 1 unspecified atom stereocenters. The second kappa shape index (κ2) is 13.4. The molecule has 6 heteroatoms. The molecule has 128 valence electrons. The molecule has 0 aliphatic rings. The zero-order chi connectivity index (χ0) is 16.0. The lowest BCUT2D eigenvalue weighted by Gasteiger charge is -2.24. The fraction of sp³-hybridized carbons (Fsp3) is 1.00. The summed E-state index contributed by atoms with van der Waals surface area (Å²) in [6.07, 6.45) is 0.0762. The number of rotatable bonds is 14. The minimum Gasteiger partial charge on any atom is -0.394 e. The van der Waals surface area contributed by atoms with E-state index in [1.54, 1.807) is 0 Å². The lowest BCUT2D eigenvalue weighted by atomic mass is 10.2. The highest BCUT2D eigenvalue weighted by Gasteiger charge is 2.14. The van der Waals surface area contributed by atoms with Gasteiger partial charge in [-0.25, -0.2) is 0 Å². The minimum absolute atomic E-state index is 0.0442. The first kappa shape index (κ1) is 20.8. The maximum atomic E-state index is 8.49. The summed E-state index contributed by atoms with van der Waals surface area (Å²) in [5.41, 5.74) is -0.141. The molecule has 0 rings (SSSR count). The van der Waals surface area contributed by atoms with Crippen LogP contribution in [0.25, 0.3) is 0 Å².